The molecule has 0 saturated carbocycles. The maximum absolute atomic E-state index is 12.8. The number of pyridine rings is 2. The molecule has 0 spiro atoms. The van der Waals surface area contributed by atoms with E-state index in [0.29, 0.717) is 46.7 Å². The van der Waals surface area contributed by atoms with E-state index in [1.54, 1.807) is 19.2 Å². The molecule has 0 radical (unpaired) electrons. The van der Waals surface area contributed by atoms with Crippen LogP contribution in [-0.4, -0.2) is 59.6 Å². The van der Waals surface area contributed by atoms with Gasteiger partial charge in [0.15, 0.2) is 0 Å². The van der Waals surface area contributed by atoms with Gasteiger partial charge in [-0.15, -0.1) is 0 Å². The monoisotopic (exact) mass is 569 g/mol. The van der Waals surface area contributed by atoms with Gasteiger partial charge in [0.2, 0.25) is 0 Å². The van der Waals surface area contributed by atoms with E-state index in [1.807, 2.05) is 38.1 Å². The number of aryl methyl sites for hydroxylation is 2. The van der Waals surface area contributed by atoms with E-state index in [-0.39, 0.29) is 5.91 Å². The molecule has 1 N–H and O–H groups in total. The Kier molecular flexibility index (Phi) is 10.1. The average Bonchev–Trinajstić information content (AvgIpc) is 2.91. The number of anilines is 1. The standard InChI is InChI=1S/C30H37Cl2N5O2/c1-20-18-28(32)34-22(3)29(20)30(38)33-15-12-21(2)36-16-13-25(14-17-36)37(19-23-6-5-7-27(31)35-23)24-8-10-26(39-4)11-9-24/h5-11,18,21,25H,12-17,19H2,1-4H3,(H,33,38). The number of hydrogen-bond acceptors (Lipinski definition) is 6. The van der Waals surface area contributed by atoms with Gasteiger partial charge in [0, 0.05) is 37.4 Å². The third-order valence-electron chi connectivity index (χ3n) is 7.51. The number of carbonyl (C=O) groups is 1. The first-order chi connectivity index (χ1) is 18.7. The second kappa shape index (κ2) is 13.5. The van der Waals surface area contributed by atoms with Crippen LogP contribution in [0.5, 0.6) is 5.75 Å². The first-order valence-corrected chi connectivity index (χ1v) is 14.2. The van der Waals surface area contributed by atoms with E-state index in [9.17, 15) is 4.79 Å². The summed E-state index contributed by atoms with van der Waals surface area (Å²) in [5, 5.41) is 3.99. The molecule has 1 aliphatic rings. The number of rotatable bonds is 10. The highest BCUT2D eigenvalue weighted by molar-refractivity contribution is 6.29. The Hall–Kier alpha value is -2.87. The average molecular weight is 571 g/mol. The molecule has 39 heavy (non-hydrogen) atoms. The lowest BCUT2D eigenvalue weighted by Gasteiger charge is -2.41. The number of benzene rings is 1. The van der Waals surface area contributed by atoms with Crippen LogP contribution in [0.25, 0.3) is 0 Å². The molecule has 208 valence electrons. The molecule has 1 saturated heterocycles. The summed E-state index contributed by atoms with van der Waals surface area (Å²) in [6.07, 6.45) is 2.96. The Morgan fingerprint density at radius 3 is 2.46 bits per heavy atom. The van der Waals surface area contributed by atoms with Gasteiger partial charge in [-0.2, -0.15) is 0 Å². The highest BCUT2D eigenvalue weighted by Crippen LogP contribution is 2.28. The number of likely N-dealkylation sites (tertiary alicyclic amines) is 1. The van der Waals surface area contributed by atoms with E-state index in [0.717, 1.165) is 55.0 Å². The first-order valence-electron chi connectivity index (χ1n) is 13.4. The highest BCUT2D eigenvalue weighted by atomic mass is 35.5. The van der Waals surface area contributed by atoms with Crippen molar-refractivity contribution >= 4 is 34.8 Å². The molecule has 1 atom stereocenters. The Labute approximate surface area is 241 Å². The molecule has 0 aliphatic carbocycles. The summed E-state index contributed by atoms with van der Waals surface area (Å²) in [5.74, 6) is 0.748. The smallest absolute Gasteiger partial charge is 0.253 e. The Morgan fingerprint density at radius 1 is 1.10 bits per heavy atom. The molecule has 1 fully saturated rings. The van der Waals surface area contributed by atoms with Gasteiger partial charge < -0.3 is 19.9 Å². The number of aromatic nitrogens is 2. The predicted octanol–water partition coefficient (Wildman–Crippen LogP) is 6.09. The number of hydrogen-bond donors (Lipinski definition) is 1. The maximum Gasteiger partial charge on any atom is 0.253 e. The third-order valence-corrected chi connectivity index (χ3v) is 7.92. The van der Waals surface area contributed by atoms with E-state index in [2.05, 4.69) is 44.1 Å². The number of piperidine rings is 1. The van der Waals surface area contributed by atoms with Crippen molar-refractivity contribution in [2.24, 2.45) is 0 Å². The van der Waals surface area contributed by atoms with E-state index >= 15 is 0 Å². The van der Waals surface area contributed by atoms with Crippen molar-refractivity contribution in [3.05, 3.63) is 81.4 Å². The minimum Gasteiger partial charge on any atom is -0.497 e. The van der Waals surface area contributed by atoms with Gasteiger partial charge in [-0.25, -0.2) is 9.97 Å². The quantitative estimate of drug-likeness (QED) is 0.298. The van der Waals surface area contributed by atoms with Crippen LogP contribution in [0.2, 0.25) is 10.3 Å². The zero-order valence-electron chi connectivity index (χ0n) is 23.1. The molecule has 1 aromatic carbocycles. The summed E-state index contributed by atoms with van der Waals surface area (Å²) in [4.78, 5) is 26.5. The number of methoxy groups -OCH3 is 1. The molecule has 7 nitrogen and oxygen atoms in total. The number of nitrogens with one attached hydrogen (secondary N) is 1. The molecule has 3 aromatic rings. The topological polar surface area (TPSA) is 70.6 Å². The van der Waals surface area contributed by atoms with Crippen LogP contribution in [-0.2, 0) is 6.54 Å². The van der Waals surface area contributed by atoms with Crippen LogP contribution in [0.4, 0.5) is 5.69 Å². The van der Waals surface area contributed by atoms with Crippen LogP contribution in [0, 0.1) is 13.8 Å². The van der Waals surface area contributed by atoms with E-state index in [1.165, 1.54) is 0 Å². The molecular weight excluding hydrogens is 533 g/mol. The van der Waals surface area contributed by atoms with Crippen molar-refractivity contribution in [1.29, 1.82) is 0 Å². The summed E-state index contributed by atoms with van der Waals surface area (Å²) >= 11 is 12.2. The van der Waals surface area contributed by atoms with E-state index in [4.69, 9.17) is 27.9 Å². The molecule has 9 heteroatoms. The van der Waals surface area contributed by atoms with Crippen molar-refractivity contribution in [1.82, 2.24) is 20.2 Å². The van der Waals surface area contributed by atoms with Gasteiger partial charge in [0.05, 0.1) is 30.6 Å². The van der Waals surface area contributed by atoms with Crippen LogP contribution in [0.3, 0.4) is 0 Å². The fraction of sp³-hybridized carbons (Fsp3) is 0.433. The second-order valence-electron chi connectivity index (χ2n) is 10.2. The highest BCUT2D eigenvalue weighted by Gasteiger charge is 2.28. The maximum atomic E-state index is 12.8. The summed E-state index contributed by atoms with van der Waals surface area (Å²) in [6.45, 7) is 9.24. The third kappa shape index (κ3) is 7.62. The van der Waals surface area contributed by atoms with Crippen LogP contribution < -0.4 is 15.0 Å². The summed E-state index contributed by atoms with van der Waals surface area (Å²) in [5.41, 5.74) is 4.21. The van der Waals surface area contributed by atoms with Gasteiger partial charge in [0.1, 0.15) is 16.1 Å². The number of amides is 1. The van der Waals surface area contributed by atoms with Gasteiger partial charge in [0.25, 0.3) is 5.91 Å². The molecular formula is C30H37Cl2N5O2. The van der Waals surface area contributed by atoms with Crippen molar-refractivity contribution in [3.63, 3.8) is 0 Å². The van der Waals surface area contributed by atoms with Gasteiger partial charge >= 0.3 is 0 Å². The van der Waals surface area contributed by atoms with Crippen LogP contribution in [0.1, 0.15) is 53.5 Å². The number of nitrogens with zero attached hydrogens (tertiary/aromatic N) is 4. The normalized spacial score (nSPS) is 15.1. The zero-order valence-corrected chi connectivity index (χ0v) is 24.6. The Bertz CT molecular complexity index is 1240. The second-order valence-corrected chi connectivity index (χ2v) is 10.9. The van der Waals surface area contributed by atoms with Crippen LogP contribution >= 0.6 is 23.2 Å². The number of halogens is 2. The summed E-state index contributed by atoms with van der Waals surface area (Å²) in [7, 11) is 1.68. The molecule has 0 bridgehead atoms. The lowest BCUT2D eigenvalue weighted by atomic mass is 9.99. The fourth-order valence-electron chi connectivity index (χ4n) is 5.35. The van der Waals surface area contributed by atoms with Crippen molar-refractivity contribution in [3.8, 4) is 5.75 Å². The number of ether oxygens (including phenoxy) is 1. The molecule has 2 aromatic heterocycles. The fourth-order valence-corrected chi connectivity index (χ4v) is 5.82. The van der Waals surface area contributed by atoms with Gasteiger partial charge in [-0.1, -0.05) is 29.3 Å². The lowest BCUT2D eigenvalue weighted by molar-refractivity contribution is 0.0943. The first kappa shape index (κ1) is 29.1. The minimum atomic E-state index is -0.0927. The van der Waals surface area contributed by atoms with Gasteiger partial charge in [-0.05, 0) is 88.1 Å². The summed E-state index contributed by atoms with van der Waals surface area (Å²) < 4.78 is 5.37. The van der Waals surface area contributed by atoms with Crippen LogP contribution in [0.15, 0.2) is 48.5 Å². The van der Waals surface area contributed by atoms with Crippen molar-refractivity contribution in [2.75, 3.05) is 31.6 Å². The Balaban J connectivity index is 1.34. The molecule has 1 aliphatic heterocycles. The summed E-state index contributed by atoms with van der Waals surface area (Å²) in [6, 6.07) is 16.5. The minimum absolute atomic E-state index is 0.0927. The lowest BCUT2D eigenvalue weighted by Crippen LogP contribution is -2.48. The molecule has 3 heterocycles. The van der Waals surface area contributed by atoms with Crippen molar-refractivity contribution < 1.29 is 9.53 Å². The number of carbonyl (C=O) groups excluding carboxylic acids is 1. The molecule has 1 unspecified atom stereocenters. The zero-order chi connectivity index (χ0) is 27.9. The van der Waals surface area contributed by atoms with Crippen molar-refractivity contribution in [2.45, 2.75) is 58.7 Å². The largest absolute Gasteiger partial charge is 0.497 e. The predicted molar refractivity (Wildman–Crippen MR) is 158 cm³/mol. The van der Waals surface area contributed by atoms with E-state index < -0.39 is 0 Å². The van der Waals surface area contributed by atoms with Gasteiger partial charge in [-0.3, -0.25) is 4.79 Å². The Morgan fingerprint density at radius 2 is 1.82 bits per heavy atom. The SMILES string of the molecule is COc1ccc(N(Cc2cccc(Cl)n2)C2CCN(C(C)CCNC(=O)c3c(C)cc(Cl)nc3C)CC2)cc1. The molecule has 1 amide bonds. The molecule has 4 rings (SSSR count).